The Labute approximate surface area is 186 Å². The van der Waals surface area contributed by atoms with Gasteiger partial charge in [0.15, 0.2) is 19.7 Å². The van der Waals surface area contributed by atoms with Crippen LogP contribution < -0.4 is 0 Å². The fourth-order valence-electron chi connectivity index (χ4n) is 3.67. The second-order valence-corrected chi connectivity index (χ2v) is 12.2. The third kappa shape index (κ3) is 5.84. The zero-order chi connectivity index (χ0) is 22.8. The zero-order valence-corrected chi connectivity index (χ0v) is 19.3. The number of hydrogen-bond acceptors (Lipinski definition) is 5. The molecule has 6 nitrogen and oxygen atoms in total. The van der Waals surface area contributed by atoms with E-state index in [9.17, 15) is 26.0 Å². The van der Waals surface area contributed by atoms with Crippen molar-refractivity contribution in [2.75, 3.05) is 25.1 Å². The highest BCUT2D eigenvalue weighted by Crippen LogP contribution is 2.26. The van der Waals surface area contributed by atoms with Gasteiger partial charge in [0.1, 0.15) is 5.82 Å². The molecule has 0 unspecified atom stereocenters. The van der Waals surface area contributed by atoms with Gasteiger partial charge >= 0.3 is 0 Å². The van der Waals surface area contributed by atoms with Crippen LogP contribution in [0.5, 0.6) is 0 Å². The number of carbonyl (C=O) groups excluding carboxylic acids is 1. The molecule has 0 bridgehead atoms. The van der Waals surface area contributed by atoms with Gasteiger partial charge in [0, 0.05) is 24.4 Å². The molecule has 1 amide bonds. The molecule has 2 aromatic carbocycles. The lowest BCUT2D eigenvalue weighted by atomic mass is 9.94. The summed E-state index contributed by atoms with van der Waals surface area (Å²) in [4.78, 5) is 14.4. The van der Waals surface area contributed by atoms with Gasteiger partial charge in [-0.05, 0) is 67.6 Å². The summed E-state index contributed by atoms with van der Waals surface area (Å²) in [5.41, 5.74) is -0.175. The Morgan fingerprint density at radius 3 is 2.26 bits per heavy atom. The van der Waals surface area contributed by atoms with Crippen LogP contribution in [0.25, 0.3) is 0 Å². The molecule has 3 rings (SSSR count). The normalized spacial score (nSPS) is 15.8. The lowest BCUT2D eigenvalue weighted by molar-refractivity contribution is 0.0684. The quantitative estimate of drug-likeness (QED) is 0.581. The maximum Gasteiger partial charge on any atom is 0.255 e. The Bertz CT molecular complexity index is 1170. The summed E-state index contributed by atoms with van der Waals surface area (Å²) >= 11 is 5.81. The smallest absolute Gasteiger partial charge is 0.255 e. The molecule has 0 aromatic heterocycles. The molecule has 1 saturated heterocycles. The largest absolute Gasteiger partial charge is 0.339 e. The average molecular weight is 488 g/mol. The SMILES string of the molecule is CS(=O)(=O)c1ccc(F)cc1C(=O)N1CCC(CCS(=O)(=O)c2ccc(Cl)cc2)CC1. The van der Waals surface area contributed by atoms with Crippen LogP contribution in [0.4, 0.5) is 4.39 Å². The predicted molar refractivity (Wildman–Crippen MR) is 116 cm³/mol. The second kappa shape index (κ2) is 9.26. The summed E-state index contributed by atoms with van der Waals surface area (Å²) in [7, 11) is -7.11. The van der Waals surface area contributed by atoms with Crippen molar-refractivity contribution in [2.24, 2.45) is 5.92 Å². The molecule has 1 aliphatic rings. The van der Waals surface area contributed by atoms with E-state index >= 15 is 0 Å². The third-order valence-electron chi connectivity index (χ3n) is 5.44. The maximum atomic E-state index is 13.7. The number of hydrogen-bond donors (Lipinski definition) is 0. The number of carbonyl (C=O) groups is 1. The minimum atomic E-state index is -3.69. The van der Waals surface area contributed by atoms with Gasteiger partial charge in [-0.1, -0.05) is 11.6 Å². The summed E-state index contributed by atoms with van der Waals surface area (Å²) < 4.78 is 62.6. The maximum absolute atomic E-state index is 13.7. The molecular formula is C21H23ClFNO5S2. The van der Waals surface area contributed by atoms with Crippen molar-refractivity contribution >= 4 is 37.2 Å². The third-order valence-corrected chi connectivity index (χ3v) is 8.61. The van der Waals surface area contributed by atoms with Gasteiger partial charge in [-0.3, -0.25) is 4.79 Å². The van der Waals surface area contributed by atoms with Crippen LogP contribution in [0.1, 0.15) is 29.6 Å². The van der Waals surface area contributed by atoms with Crippen molar-refractivity contribution in [1.82, 2.24) is 4.90 Å². The fourth-order valence-corrected chi connectivity index (χ4v) is 6.09. The van der Waals surface area contributed by atoms with Crippen molar-refractivity contribution in [1.29, 1.82) is 0 Å². The molecule has 2 aromatic rings. The van der Waals surface area contributed by atoms with Gasteiger partial charge in [-0.2, -0.15) is 0 Å². The van der Waals surface area contributed by atoms with Crippen molar-refractivity contribution in [3.8, 4) is 0 Å². The summed E-state index contributed by atoms with van der Waals surface area (Å²) in [6.45, 7) is 0.703. The highest BCUT2D eigenvalue weighted by atomic mass is 35.5. The number of sulfone groups is 2. The van der Waals surface area contributed by atoms with E-state index in [1.165, 1.54) is 29.2 Å². The Balaban J connectivity index is 1.62. The molecule has 1 aliphatic heterocycles. The first kappa shape index (κ1) is 23.7. The molecule has 1 fully saturated rings. The van der Waals surface area contributed by atoms with E-state index in [0.717, 1.165) is 24.5 Å². The van der Waals surface area contributed by atoms with Gasteiger partial charge in [0.2, 0.25) is 0 Å². The summed E-state index contributed by atoms with van der Waals surface area (Å²) in [6.07, 6.45) is 2.61. The van der Waals surface area contributed by atoms with E-state index < -0.39 is 31.4 Å². The van der Waals surface area contributed by atoms with E-state index in [1.807, 2.05) is 0 Å². The number of likely N-dealkylation sites (tertiary alicyclic amines) is 1. The monoisotopic (exact) mass is 487 g/mol. The molecule has 10 heteroatoms. The minimum absolute atomic E-state index is 0.00459. The average Bonchev–Trinajstić information content (AvgIpc) is 2.71. The fraction of sp³-hybridized carbons (Fsp3) is 0.381. The highest BCUT2D eigenvalue weighted by Gasteiger charge is 2.28. The number of nitrogens with zero attached hydrogens (tertiary/aromatic N) is 1. The van der Waals surface area contributed by atoms with Crippen molar-refractivity contribution in [2.45, 2.75) is 29.1 Å². The van der Waals surface area contributed by atoms with E-state index in [2.05, 4.69) is 0 Å². The summed E-state index contributed by atoms with van der Waals surface area (Å²) in [6, 6.07) is 9.11. The lowest BCUT2D eigenvalue weighted by Crippen LogP contribution is -2.39. The molecule has 31 heavy (non-hydrogen) atoms. The molecular weight excluding hydrogens is 465 g/mol. The first-order valence-corrected chi connectivity index (χ1v) is 13.7. The van der Waals surface area contributed by atoms with Gasteiger partial charge in [0.05, 0.1) is 21.1 Å². The molecule has 168 valence electrons. The van der Waals surface area contributed by atoms with Crippen LogP contribution >= 0.6 is 11.6 Å². The number of amides is 1. The number of halogens is 2. The number of benzene rings is 2. The first-order chi connectivity index (χ1) is 14.5. The highest BCUT2D eigenvalue weighted by molar-refractivity contribution is 7.91. The zero-order valence-electron chi connectivity index (χ0n) is 16.9. The standard InChI is InChI=1S/C21H23ClFNO5S2/c1-30(26,27)20-7-4-17(23)14-19(20)21(25)24-11-8-15(9-12-24)10-13-31(28,29)18-5-2-16(22)3-6-18/h2-7,14-15H,8-13H2,1H3. The summed E-state index contributed by atoms with van der Waals surface area (Å²) in [5.74, 6) is -1.10. The predicted octanol–water partition coefficient (Wildman–Crippen LogP) is 3.60. The van der Waals surface area contributed by atoms with E-state index in [4.69, 9.17) is 11.6 Å². The Morgan fingerprint density at radius 2 is 1.68 bits per heavy atom. The Hall–Kier alpha value is -1.97. The van der Waals surface area contributed by atoms with Crippen LogP contribution in [0, 0.1) is 11.7 Å². The van der Waals surface area contributed by atoms with Crippen molar-refractivity contribution < 1.29 is 26.0 Å². The van der Waals surface area contributed by atoms with E-state index in [1.54, 1.807) is 0 Å². The van der Waals surface area contributed by atoms with E-state index in [-0.39, 0.29) is 27.0 Å². The molecule has 1 heterocycles. The van der Waals surface area contributed by atoms with E-state index in [0.29, 0.717) is 37.4 Å². The lowest BCUT2D eigenvalue weighted by Gasteiger charge is -2.32. The van der Waals surface area contributed by atoms with Crippen LogP contribution in [0.3, 0.4) is 0 Å². The summed E-state index contributed by atoms with van der Waals surface area (Å²) in [5, 5.41) is 0.466. The Kier molecular flexibility index (Phi) is 7.08. The van der Waals surface area contributed by atoms with Gasteiger partial charge in [-0.25, -0.2) is 21.2 Å². The molecule has 0 aliphatic carbocycles. The van der Waals surface area contributed by atoms with Crippen molar-refractivity contribution in [3.63, 3.8) is 0 Å². The van der Waals surface area contributed by atoms with Crippen LogP contribution in [0.2, 0.25) is 5.02 Å². The van der Waals surface area contributed by atoms with Crippen LogP contribution in [-0.2, 0) is 19.7 Å². The minimum Gasteiger partial charge on any atom is -0.339 e. The molecule has 0 atom stereocenters. The topological polar surface area (TPSA) is 88.6 Å². The second-order valence-electron chi connectivity index (χ2n) is 7.71. The number of piperidine rings is 1. The van der Waals surface area contributed by atoms with Gasteiger partial charge in [0.25, 0.3) is 5.91 Å². The molecule has 0 radical (unpaired) electrons. The molecule has 0 N–H and O–H groups in total. The Morgan fingerprint density at radius 1 is 1.06 bits per heavy atom. The first-order valence-electron chi connectivity index (χ1n) is 9.74. The molecule has 0 saturated carbocycles. The van der Waals surface area contributed by atoms with Gasteiger partial charge in [-0.15, -0.1) is 0 Å². The number of rotatable bonds is 6. The van der Waals surface area contributed by atoms with Crippen LogP contribution in [-0.4, -0.2) is 52.7 Å². The van der Waals surface area contributed by atoms with Gasteiger partial charge < -0.3 is 4.90 Å². The molecule has 0 spiro atoms. The van der Waals surface area contributed by atoms with Crippen LogP contribution in [0.15, 0.2) is 52.3 Å². The van der Waals surface area contributed by atoms with Crippen molar-refractivity contribution in [3.05, 3.63) is 58.9 Å².